The summed E-state index contributed by atoms with van der Waals surface area (Å²) in [5, 5.41) is 12.9. The first-order valence-electron chi connectivity index (χ1n) is 17.1. The van der Waals surface area contributed by atoms with Crippen molar-refractivity contribution in [1.82, 2.24) is 4.57 Å². The maximum absolute atomic E-state index is 2.50. The van der Waals surface area contributed by atoms with Gasteiger partial charge in [0.15, 0.2) is 0 Å². The number of hydrogen-bond acceptors (Lipinski definition) is 0. The first-order chi connectivity index (χ1) is 24.2. The second kappa shape index (κ2) is 10.7. The fourth-order valence-electron chi connectivity index (χ4n) is 8.48. The van der Waals surface area contributed by atoms with Crippen molar-refractivity contribution in [3.05, 3.63) is 175 Å². The fraction of sp³-hybridized carbons (Fsp3) is 0.0417. The van der Waals surface area contributed by atoms with Gasteiger partial charge in [0.25, 0.3) is 0 Å². The summed E-state index contributed by atoms with van der Waals surface area (Å²) in [6, 6.07) is 60.6. The summed E-state index contributed by atoms with van der Waals surface area (Å²) in [6.45, 7) is 4.44. The zero-order chi connectivity index (χ0) is 32.6. The highest BCUT2D eigenvalue weighted by Gasteiger charge is 2.20. The molecule has 1 aromatic heterocycles. The molecular formula is C48H33N. The van der Waals surface area contributed by atoms with Gasteiger partial charge >= 0.3 is 0 Å². The molecule has 10 aromatic rings. The molecule has 1 heteroatoms. The Morgan fingerprint density at radius 3 is 1.59 bits per heavy atom. The summed E-state index contributed by atoms with van der Waals surface area (Å²) >= 11 is 0. The van der Waals surface area contributed by atoms with E-state index in [1.807, 2.05) is 0 Å². The maximum Gasteiger partial charge on any atom is 0.0619 e. The van der Waals surface area contributed by atoms with Gasteiger partial charge in [-0.3, -0.25) is 0 Å². The molecule has 10 rings (SSSR count). The van der Waals surface area contributed by atoms with E-state index in [2.05, 4.69) is 182 Å². The predicted octanol–water partition coefficient (Wildman–Crippen LogP) is 13.3. The van der Waals surface area contributed by atoms with E-state index < -0.39 is 0 Å². The molecule has 0 unspecified atom stereocenters. The van der Waals surface area contributed by atoms with Crippen LogP contribution in [0, 0.1) is 13.8 Å². The Bertz CT molecular complexity index is 2870. The second-order valence-electron chi connectivity index (χ2n) is 13.4. The molecule has 9 aromatic carbocycles. The number of hydrogen-bond donors (Lipinski definition) is 0. The molecule has 0 aliphatic heterocycles. The average Bonchev–Trinajstić information content (AvgIpc) is 3.50. The van der Waals surface area contributed by atoms with Gasteiger partial charge in [0.2, 0.25) is 0 Å². The minimum atomic E-state index is 1.17. The molecule has 0 bridgehead atoms. The quantitative estimate of drug-likeness (QED) is 0.173. The van der Waals surface area contributed by atoms with Crippen molar-refractivity contribution < 1.29 is 0 Å². The summed E-state index contributed by atoms with van der Waals surface area (Å²) < 4.78 is 2.50. The van der Waals surface area contributed by atoms with E-state index in [1.165, 1.54) is 104 Å². The zero-order valence-corrected chi connectivity index (χ0v) is 27.5. The molecule has 1 nitrogen and oxygen atoms in total. The van der Waals surface area contributed by atoms with Crippen molar-refractivity contribution in [2.45, 2.75) is 13.8 Å². The smallest absolute Gasteiger partial charge is 0.0619 e. The number of benzene rings is 9. The van der Waals surface area contributed by atoms with Gasteiger partial charge in [0, 0.05) is 21.8 Å². The van der Waals surface area contributed by atoms with Crippen molar-refractivity contribution in [2.24, 2.45) is 0 Å². The van der Waals surface area contributed by atoms with Gasteiger partial charge in [0.05, 0.1) is 11.0 Å². The van der Waals surface area contributed by atoms with Crippen LogP contribution in [0.2, 0.25) is 0 Å². The molecule has 0 radical (unpaired) electrons. The van der Waals surface area contributed by atoms with E-state index in [1.54, 1.807) is 0 Å². The third kappa shape index (κ3) is 4.12. The summed E-state index contributed by atoms with van der Waals surface area (Å²) in [5.74, 6) is 0. The van der Waals surface area contributed by atoms with Gasteiger partial charge in [-0.1, -0.05) is 145 Å². The molecule has 0 aliphatic rings. The van der Waals surface area contributed by atoms with Crippen LogP contribution in [-0.2, 0) is 0 Å². The topological polar surface area (TPSA) is 4.93 Å². The number of aryl methyl sites for hydroxylation is 2. The largest absolute Gasteiger partial charge is 0.309 e. The van der Waals surface area contributed by atoms with E-state index >= 15 is 0 Å². The van der Waals surface area contributed by atoms with E-state index in [0.29, 0.717) is 0 Å². The highest BCUT2D eigenvalue weighted by atomic mass is 15.0. The van der Waals surface area contributed by atoms with Crippen LogP contribution >= 0.6 is 0 Å². The monoisotopic (exact) mass is 623 g/mol. The van der Waals surface area contributed by atoms with Crippen LogP contribution in [0.4, 0.5) is 0 Å². The molecule has 230 valence electrons. The van der Waals surface area contributed by atoms with Gasteiger partial charge in [-0.2, -0.15) is 0 Å². The van der Waals surface area contributed by atoms with Crippen LogP contribution in [0.15, 0.2) is 164 Å². The van der Waals surface area contributed by atoms with Crippen molar-refractivity contribution in [3.63, 3.8) is 0 Å². The Labute approximate surface area is 285 Å². The Morgan fingerprint density at radius 1 is 0.388 bits per heavy atom. The Balaban J connectivity index is 1.26. The molecule has 0 spiro atoms. The molecule has 0 atom stereocenters. The highest BCUT2D eigenvalue weighted by Crippen LogP contribution is 2.45. The van der Waals surface area contributed by atoms with Gasteiger partial charge in [-0.05, 0) is 104 Å². The number of fused-ring (bicyclic) bond motifs is 9. The van der Waals surface area contributed by atoms with Crippen molar-refractivity contribution in [3.8, 4) is 27.9 Å². The lowest BCUT2D eigenvalue weighted by Gasteiger charge is -2.18. The molecule has 0 saturated heterocycles. The van der Waals surface area contributed by atoms with Crippen LogP contribution in [0.3, 0.4) is 0 Å². The average molecular weight is 624 g/mol. The maximum atomic E-state index is 2.50. The summed E-state index contributed by atoms with van der Waals surface area (Å²) in [5.41, 5.74) is 11.3. The van der Waals surface area contributed by atoms with E-state index in [4.69, 9.17) is 0 Å². The lowest BCUT2D eigenvalue weighted by atomic mass is 9.86. The van der Waals surface area contributed by atoms with E-state index in [-0.39, 0.29) is 0 Å². The Kier molecular flexibility index (Phi) is 6.07. The third-order valence-electron chi connectivity index (χ3n) is 10.5. The van der Waals surface area contributed by atoms with E-state index in [0.717, 1.165) is 0 Å². The van der Waals surface area contributed by atoms with Crippen molar-refractivity contribution >= 4 is 64.9 Å². The summed E-state index contributed by atoms with van der Waals surface area (Å²) in [6.07, 6.45) is 0. The van der Waals surface area contributed by atoms with Crippen molar-refractivity contribution in [2.75, 3.05) is 0 Å². The molecule has 49 heavy (non-hydrogen) atoms. The molecule has 0 aliphatic carbocycles. The van der Waals surface area contributed by atoms with Crippen LogP contribution in [0.1, 0.15) is 11.1 Å². The standard InChI is InChI=1S/C48H33N/c1-30-28-31(2)36-25-26-42-47-37-15-7-6-12-32(37)22-27-44(47)49(48(42)43(36)29-30)35-23-20-34(21-24-35)46-40-18-10-8-16-38(40)45(33-13-4-3-5-14-33)39-17-9-11-19-41(39)46/h3-29H,1-2H3. The van der Waals surface area contributed by atoms with Gasteiger partial charge < -0.3 is 4.57 Å². The van der Waals surface area contributed by atoms with Gasteiger partial charge in [0.1, 0.15) is 0 Å². The number of rotatable bonds is 3. The molecule has 0 N–H and O–H groups in total. The molecule has 0 fully saturated rings. The van der Waals surface area contributed by atoms with E-state index in [9.17, 15) is 0 Å². The molecule has 1 heterocycles. The predicted molar refractivity (Wildman–Crippen MR) is 211 cm³/mol. The lowest BCUT2D eigenvalue weighted by Crippen LogP contribution is -1.96. The number of nitrogens with zero attached hydrogens (tertiary/aromatic N) is 1. The van der Waals surface area contributed by atoms with Crippen LogP contribution in [0.25, 0.3) is 92.8 Å². The van der Waals surface area contributed by atoms with Crippen molar-refractivity contribution in [1.29, 1.82) is 0 Å². The first-order valence-corrected chi connectivity index (χ1v) is 17.1. The van der Waals surface area contributed by atoms with Gasteiger partial charge in [-0.25, -0.2) is 0 Å². The second-order valence-corrected chi connectivity index (χ2v) is 13.4. The minimum absolute atomic E-state index is 1.17. The van der Waals surface area contributed by atoms with Crippen LogP contribution in [-0.4, -0.2) is 4.57 Å². The minimum Gasteiger partial charge on any atom is -0.309 e. The normalized spacial score (nSPS) is 11.9. The SMILES string of the molecule is Cc1cc(C)c2ccc3c4c5ccccc5ccc4n(-c4ccc(-c5c6ccccc6c(-c6ccccc6)c6ccccc56)cc4)c3c2c1. The molecule has 0 saturated carbocycles. The van der Waals surface area contributed by atoms with Crippen LogP contribution < -0.4 is 0 Å². The fourth-order valence-corrected chi connectivity index (χ4v) is 8.48. The summed E-state index contributed by atoms with van der Waals surface area (Å²) in [4.78, 5) is 0. The Morgan fingerprint density at radius 2 is 0.939 bits per heavy atom. The third-order valence-corrected chi connectivity index (χ3v) is 10.5. The van der Waals surface area contributed by atoms with Gasteiger partial charge in [-0.15, -0.1) is 0 Å². The molecular weight excluding hydrogens is 591 g/mol. The van der Waals surface area contributed by atoms with Crippen LogP contribution in [0.5, 0.6) is 0 Å². The summed E-state index contributed by atoms with van der Waals surface area (Å²) in [7, 11) is 0. The lowest BCUT2D eigenvalue weighted by molar-refractivity contribution is 1.19. The molecule has 0 amide bonds. The highest BCUT2D eigenvalue weighted by molar-refractivity contribution is 6.26. The first kappa shape index (κ1) is 27.9. The Hall–Kier alpha value is -6.18. The number of aromatic nitrogens is 1. The zero-order valence-electron chi connectivity index (χ0n) is 27.5.